The summed E-state index contributed by atoms with van der Waals surface area (Å²) < 4.78 is 7.90. The van der Waals surface area contributed by atoms with Gasteiger partial charge in [0.05, 0.1) is 12.5 Å². The number of likely N-dealkylation sites (tertiary alicyclic amines) is 1. The number of carbonyl (C=O) groups is 1. The van der Waals surface area contributed by atoms with Gasteiger partial charge in [0.1, 0.15) is 11.5 Å². The molecule has 2 aliphatic rings. The number of piperidine rings is 1. The molecule has 4 N–H and O–H groups in total. The summed E-state index contributed by atoms with van der Waals surface area (Å²) in [4.78, 5) is 38.9. The number of carbonyl (C=O) groups excluding carboxylic acids is 1. The van der Waals surface area contributed by atoms with Crippen LogP contribution in [-0.4, -0.2) is 38.7 Å². The van der Waals surface area contributed by atoms with Gasteiger partial charge in [-0.25, -0.2) is 0 Å². The Bertz CT molecular complexity index is 1380. The minimum Gasteiger partial charge on any atom is -0.508 e. The SMILES string of the molecule is NC(=O)C[C@@H](c1ccc(O)cc1)c1oc(CN2C[C@H]3C[C@@H](C2)c2cccc(=O)n2C3)cc(=O)c1O. The molecule has 0 unspecified atom stereocenters. The highest BCUT2D eigenvalue weighted by Gasteiger charge is 2.35. The van der Waals surface area contributed by atoms with Crippen LogP contribution >= 0.6 is 0 Å². The number of pyridine rings is 1. The summed E-state index contributed by atoms with van der Waals surface area (Å²) in [5.41, 5.74) is 6.49. The fourth-order valence-electron chi connectivity index (χ4n) is 5.48. The predicted molar refractivity (Wildman–Crippen MR) is 127 cm³/mol. The van der Waals surface area contributed by atoms with Gasteiger partial charge < -0.3 is 24.9 Å². The number of fused-ring (bicyclic) bond motifs is 4. The molecule has 2 aliphatic heterocycles. The largest absolute Gasteiger partial charge is 0.508 e. The van der Waals surface area contributed by atoms with Crippen LogP contribution in [-0.2, 0) is 17.9 Å². The topological polar surface area (TPSA) is 139 Å². The van der Waals surface area contributed by atoms with Crippen LogP contribution in [0.15, 0.2) is 62.5 Å². The Balaban J connectivity index is 1.44. The number of rotatable bonds is 6. The number of hydrogen-bond acceptors (Lipinski definition) is 7. The minimum absolute atomic E-state index is 0.0221. The minimum atomic E-state index is -0.778. The summed E-state index contributed by atoms with van der Waals surface area (Å²) in [6.45, 7) is 2.47. The van der Waals surface area contributed by atoms with E-state index in [0.717, 1.165) is 18.7 Å². The molecule has 5 rings (SSSR count). The quantitative estimate of drug-likeness (QED) is 0.492. The Morgan fingerprint density at radius 2 is 1.86 bits per heavy atom. The summed E-state index contributed by atoms with van der Waals surface area (Å²) >= 11 is 0. The summed E-state index contributed by atoms with van der Waals surface area (Å²) in [7, 11) is 0. The van der Waals surface area contributed by atoms with Crippen LogP contribution in [0, 0.1) is 5.92 Å². The number of nitrogens with zero attached hydrogens (tertiary/aromatic N) is 2. The number of benzene rings is 1. The van der Waals surface area contributed by atoms with Gasteiger partial charge in [-0.05, 0) is 36.1 Å². The summed E-state index contributed by atoms with van der Waals surface area (Å²) in [5, 5.41) is 20.2. The van der Waals surface area contributed by atoms with Crippen LogP contribution in [0.2, 0.25) is 0 Å². The van der Waals surface area contributed by atoms with Gasteiger partial charge in [-0.2, -0.15) is 0 Å². The maximum absolute atomic E-state index is 12.7. The summed E-state index contributed by atoms with van der Waals surface area (Å²) in [5.74, 6) is -1.04. The molecule has 0 saturated carbocycles. The van der Waals surface area contributed by atoms with Crippen molar-refractivity contribution in [1.82, 2.24) is 9.47 Å². The predicted octanol–water partition coefficient (Wildman–Crippen LogP) is 1.84. The molecule has 2 bridgehead atoms. The first-order valence-corrected chi connectivity index (χ1v) is 11.6. The maximum atomic E-state index is 12.7. The number of aromatic hydroxyl groups is 2. The lowest BCUT2D eigenvalue weighted by Crippen LogP contribution is -2.46. The number of nitrogens with two attached hydrogens (primary N) is 1. The van der Waals surface area contributed by atoms with Gasteiger partial charge in [0.2, 0.25) is 17.1 Å². The summed E-state index contributed by atoms with van der Waals surface area (Å²) in [6, 6.07) is 12.8. The Morgan fingerprint density at radius 1 is 1.09 bits per heavy atom. The Kier molecular flexibility index (Phi) is 5.94. The first kappa shape index (κ1) is 22.9. The van der Waals surface area contributed by atoms with Crippen molar-refractivity contribution in [3.8, 4) is 11.5 Å². The molecule has 182 valence electrons. The zero-order valence-electron chi connectivity index (χ0n) is 19.1. The van der Waals surface area contributed by atoms with Crippen LogP contribution < -0.4 is 16.7 Å². The van der Waals surface area contributed by atoms with Gasteiger partial charge >= 0.3 is 0 Å². The molecule has 0 spiro atoms. The van der Waals surface area contributed by atoms with Crippen molar-refractivity contribution < 1.29 is 19.4 Å². The third kappa shape index (κ3) is 4.59. The second-order valence-electron chi connectivity index (χ2n) is 9.50. The lowest BCUT2D eigenvalue weighted by molar-refractivity contribution is -0.118. The third-order valence-corrected chi connectivity index (χ3v) is 6.95. The van der Waals surface area contributed by atoms with Crippen LogP contribution in [0.4, 0.5) is 0 Å². The number of amides is 1. The number of phenols is 1. The zero-order valence-corrected chi connectivity index (χ0v) is 19.1. The van der Waals surface area contributed by atoms with E-state index in [0.29, 0.717) is 36.9 Å². The van der Waals surface area contributed by atoms with Gasteiger partial charge in [-0.1, -0.05) is 18.2 Å². The molecule has 3 atom stereocenters. The van der Waals surface area contributed by atoms with Gasteiger partial charge in [-0.3, -0.25) is 19.3 Å². The molecular formula is C26H27N3O6. The number of aromatic nitrogens is 1. The van der Waals surface area contributed by atoms with E-state index >= 15 is 0 Å². The van der Waals surface area contributed by atoms with Gasteiger partial charge in [0, 0.05) is 49.8 Å². The molecular weight excluding hydrogens is 450 g/mol. The molecule has 35 heavy (non-hydrogen) atoms. The average molecular weight is 478 g/mol. The van der Waals surface area contributed by atoms with E-state index in [1.807, 2.05) is 10.6 Å². The monoisotopic (exact) mass is 477 g/mol. The number of hydrogen-bond donors (Lipinski definition) is 3. The second-order valence-corrected chi connectivity index (χ2v) is 9.50. The van der Waals surface area contributed by atoms with Crippen LogP contribution in [0.5, 0.6) is 11.5 Å². The standard InChI is InChI=1S/C26H27N3O6/c27-23(32)10-20(16-4-6-18(30)7-5-16)26-25(34)22(31)9-19(35-26)14-28-11-15-8-17(13-28)21-2-1-3-24(33)29(21)12-15/h1-7,9,15,17,20,30,34H,8,10-14H2,(H2,27,32)/t15-,17+,20+/m1/s1. The van der Waals surface area contributed by atoms with Crippen molar-refractivity contribution in [3.05, 3.63) is 91.9 Å². The van der Waals surface area contributed by atoms with Crippen molar-refractivity contribution in [1.29, 1.82) is 0 Å². The normalized spacial score (nSPS) is 20.2. The molecule has 2 aromatic heterocycles. The van der Waals surface area contributed by atoms with Crippen molar-refractivity contribution in [3.63, 3.8) is 0 Å². The molecule has 0 radical (unpaired) electrons. The Morgan fingerprint density at radius 3 is 2.60 bits per heavy atom. The van der Waals surface area contributed by atoms with Gasteiger partial charge in [0.25, 0.3) is 5.56 Å². The van der Waals surface area contributed by atoms with Crippen molar-refractivity contribution in [2.24, 2.45) is 11.7 Å². The van der Waals surface area contributed by atoms with Crippen LogP contribution in [0.3, 0.4) is 0 Å². The van der Waals surface area contributed by atoms with Crippen LogP contribution in [0.1, 0.15) is 47.5 Å². The first-order chi connectivity index (χ1) is 16.8. The Labute approximate surface area is 201 Å². The maximum Gasteiger partial charge on any atom is 0.250 e. The van der Waals surface area contributed by atoms with Crippen LogP contribution in [0.25, 0.3) is 0 Å². The van der Waals surface area contributed by atoms with E-state index in [2.05, 4.69) is 4.90 Å². The van der Waals surface area contributed by atoms with Crippen molar-refractivity contribution in [2.45, 2.75) is 37.8 Å². The van der Waals surface area contributed by atoms with E-state index in [1.54, 1.807) is 24.3 Å². The zero-order chi connectivity index (χ0) is 24.7. The first-order valence-electron chi connectivity index (χ1n) is 11.6. The number of phenolic OH excluding ortho intramolecular Hbond substituents is 1. The fraction of sp³-hybridized carbons (Fsp3) is 0.346. The molecule has 1 aromatic carbocycles. The lowest BCUT2D eigenvalue weighted by atomic mass is 9.83. The molecule has 9 nitrogen and oxygen atoms in total. The molecule has 1 fully saturated rings. The van der Waals surface area contributed by atoms with E-state index < -0.39 is 23.0 Å². The molecule has 9 heteroatoms. The molecule has 3 aromatic rings. The van der Waals surface area contributed by atoms with Gasteiger partial charge in [0.15, 0.2) is 5.76 Å². The summed E-state index contributed by atoms with van der Waals surface area (Å²) in [6.07, 6.45) is 0.830. The van der Waals surface area contributed by atoms with E-state index in [4.69, 9.17) is 10.2 Å². The molecule has 1 amide bonds. The highest BCUT2D eigenvalue weighted by Crippen LogP contribution is 2.37. The third-order valence-electron chi connectivity index (χ3n) is 6.95. The lowest BCUT2D eigenvalue weighted by Gasteiger charge is -2.42. The highest BCUT2D eigenvalue weighted by atomic mass is 16.4. The second kappa shape index (κ2) is 9.07. The van der Waals surface area contributed by atoms with E-state index in [-0.39, 0.29) is 29.4 Å². The smallest absolute Gasteiger partial charge is 0.250 e. The van der Waals surface area contributed by atoms with E-state index in [9.17, 15) is 24.6 Å². The van der Waals surface area contributed by atoms with Crippen molar-refractivity contribution in [2.75, 3.05) is 13.1 Å². The molecule has 0 aliphatic carbocycles. The average Bonchev–Trinajstić information content (AvgIpc) is 2.81. The molecule has 4 heterocycles. The fourth-order valence-corrected chi connectivity index (χ4v) is 5.48. The highest BCUT2D eigenvalue weighted by molar-refractivity contribution is 5.75. The van der Waals surface area contributed by atoms with Crippen molar-refractivity contribution >= 4 is 5.91 Å². The van der Waals surface area contributed by atoms with E-state index in [1.165, 1.54) is 18.2 Å². The number of primary amides is 1. The molecule has 1 saturated heterocycles. The Hall–Kier alpha value is -3.85. The van der Waals surface area contributed by atoms with Gasteiger partial charge in [-0.15, -0.1) is 0 Å².